The third-order valence-corrected chi connectivity index (χ3v) is 3.24. The maximum atomic E-state index is 5.59. The van der Waals surface area contributed by atoms with Crippen LogP contribution in [-0.2, 0) is 0 Å². The van der Waals surface area contributed by atoms with Gasteiger partial charge in [0.05, 0.1) is 0 Å². The summed E-state index contributed by atoms with van der Waals surface area (Å²) in [4.78, 5) is 4.71. The first-order valence-corrected chi connectivity index (χ1v) is 6.19. The quantitative estimate of drug-likeness (QED) is 0.790. The number of aromatic nitrogens is 1. The summed E-state index contributed by atoms with van der Waals surface area (Å²) < 4.78 is 0. The molecule has 0 saturated heterocycles. The minimum Gasteiger partial charge on any atom is -0.389 e. The highest BCUT2D eigenvalue weighted by atomic mass is 32.1. The molecule has 2 rings (SSSR count). The fourth-order valence-electron chi connectivity index (χ4n) is 2.12. The summed E-state index contributed by atoms with van der Waals surface area (Å²) in [6, 6.07) is 4.33. The molecule has 1 saturated carbocycles. The fourth-order valence-corrected chi connectivity index (χ4v) is 2.25. The SMILES string of the molecule is NC(=S)c1ccnc(NC2CCCCC2)c1. The van der Waals surface area contributed by atoms with Gasteiger partial charge in [-0.05, 0) is 25.0 Å². The molecular weight excluding hydrogens is 218 g/mol. The predicted molar refractivity (Wildman–Crippen MR) is 70.6 cm³/mol. The first kappa shape index (κ1) is 11.3. The van der Waals surface area contributed by atoms with E-state index in [1.54, 1.807) is 6.20 Å². The van der Waals surface area contributed by atoms with Gasteiger partial charge in [-0.15, -0.1) is 0 Å². The highest BCUT2D eigenvalue weighted by molar-refractivity contribution is 7.80. The maximum absolute atomic E-state index is 5.59. The van der Waals surface area contributed by atoms with Gasteiger partial charge in [-0.3, -0.25) is 0 Å². The molecule has 1 aliphatic carbocycles. The van der Waals surface area contributed by atoms with Crippen molar-refractivity contribution in [3.05, 3.63) is 23.9 Å². The fraction of sp³-hybridized carbons (Fsp3) is 0.500. The molecule has 3 nitrogen and oxygen atoms in total. The van der Waals surface area contributed by atoms with Crippen molar-refractivity contribution < 1.29 is 0 Å². The zero-order chi connectivity index (χ0) is 11.4. The van der Waals surface area contributed by atoms with Gasteiger partial charge >= 0.3 is 0 Å². The molecule has 1 aliphatic rings. The number of rotatable bonds is 3. The summed E-state index contributed by atoms with van der Waals surface area (Å²) in [6.45, 7) is 0. The van der Waals surface area contributed by atoms with Crippen LogP contribution in [0, 0.1) is 0 Å². The van der Waals surface area contributed by atoms with E-state index in [2.05, 4.69) is 10.3 Å². The monoisotopic (exact) mass is 235 g/mol. The Hall–Kier alpha value is -1.16. The van der Waals surface area contributed by atoms with Gasteiger partial charge in [0.25, 0.3) is 0 Å². The second kappa shape index (κ2) is 5.25. The number of nitrogens with zero attached hydrogens (tertiary/aromatic N) is 1. The molecule has 0 spiro atoms. The zero-order valence-electron chi connectivity index (χ0n) is 9.28. The lowest BCUT2D eigenvalue weighted by Crippen LogP contribution is -2.23. The van der Waals surface area contributed by atoms with Crippen LogP contribution in [0.5, 0.6) is 0 Å². The summed E-state index contributed by atoms with van der Waals surface area (Å²) in [7, 11) is 0. The van der Waals surface area contributed by atoms with Crippen LogP contribution in [0.4, 0.5) is 5.82 Å². The Labute approximate surface area is 101 Å². The van der Waals surface area contributed by atoms with E-state index in [0.29, 0.717) is 11.0 Å². The molecule has 1 aromatic rings. The smallest absolute Gasteiger partial charge is 0.126 e. The summed E-state index contributed by atoms with van der Waals surface area (Å²) in [6.07, 6.45) is 8.20. The van der Waals surface area contributed by atoms with Crippen molar-refractivity contribution in [2.75, 3.05) is 5.32 Å². The van der Waals surface area contributed by atoms with Crippen LogP contribution in [0.3, 0.4) is 0 Å². The second-order valence-electron chi connectivity index (χ2n) is 4.27. The number of pyridine rings is 1. The van der Waals surface area contributed by atoms with Crippen molar-refractivity contribution in [1.29, 1.82) is 0 Å². The molecule has 4 heteroatoms. The van der Waals surface area contributed by atoms with Crippen molar-refractivity contribution in [1.82, 2.24) is 4.98 Å². The lowest BCUT2D eigenvalue weighted by Gasteiger charge is -2.23. The Morgan fingerprint density at radius 1 is 1.38 bits per heavy atom. The molecule has 0 unspecified atom stereocenters. The van der Waals surface area contributed by atoms with Crippen LogP contribution >= 0.6 is 12.2 Å². The molecule has 1 fully saturated rings. The Balaban J connectivity index is 2.02. The van der Waals surface area contributed by atoms with E-state index in [4.69, 9.17) is 18.0 Å². The van der Waals surface area contributed by atoms with Gasteiger partial charge in [-0.1, -0.05) is 31.5 Å². The minimum atomic E-state index is 0.425. The van der Waals surface area contributed by atoms with Crippen LogP contribution in [0.25, 0.3) is 0 Å². The van der Waals surface area contributed by atoms with E-state index in [1.165, 1.54) is 32.1 Å². The Bertz CT molecular complexity index is 372. The van der Waals surface area contributed by atoms with Crippen LogP contribution in [0.15, 0.2) is 18.3 Å². The van der Waals surface area contributed by atoms with Crippen LogP contribution in [0.1, 0.15) is 37.7 Å². The normalized spacial score (nSPS) is 17.0. The van der Waals surface area contributed by atoms with Crippen molar-refractivity contribution >= 4 is 23.0 Å². The topological polar surface area (TPSA) is 50.9 Å². The number of nitrogens with two attached hydrogens (primary N) is 1. The highest BCUT2D eigenvalue weighted by Gasteiger charge is 2.13. The minimum absolute atomic E-state index is 0.425. The molecule has 1 heterocycles. The van der Waals surface area contributed by atoms with Gasteiger partial charge in [0.1, 0.15) is 10.8 Å². The van der Waals surface area contributed by atoms with Crippen molar-refractivity contribution in [2.45, 2.75) is 38.1 Å². The van der Waals surface area contributed by atoms with Gasteiger partial charge in [-0.25, -0.2) is 4.98 Å². The zero-order valence-corrected chi connectivity index (χ0v) is 10.1. The van der Waals surface area contributed by atoms with Gasteiger partial charge in [0, 0.05) is 17.8 Å². The third kappa shape index (κ3) is 2.92. The first-order chi connectivity index (χ1) is 7.75. The average Bonchev–Trinajstić information content (AvgIpc) is 2.30. The molecular formula is C12H17N3S. The predicted octanol–water partition coefficient (Wildman–Crippen LogP) is 2.46. The summed E-state index contributed by atoms with van der Waals surface area (Å²) in [5, 5.41) is 3.45. The summed E-state index contributed by atoms with van der Waals surface area (Å²) in [5.74, 6) is 0.886. The van der Waals surface area contributed by atoms with Crippen molar-refractivity contribution in [3.63, 3.8) is 0 Å². The molecule has 0 radical (unpaired) electrons. The lowest BCUT2D eigenvalue weighted by atomic mass is 9.95. The van der Waals surface area contributed by atoms with E-state index in [0.717, 1.165) is 11.4 Å². The molecule has 0 bridgehead atoms. The lowest BCUT2D eigenvalue weighted by molar-refractivity contribution is 0.462. The van der Waals surface area contributed by atoms with E-state index in [1.807, 2.05) is 12.1 Å². The van der Waals surface area contributed by atoms with E-state index >= 15 is 0 Å². The van der Waals surface area contributed by atoms with E-state index in [9.17, 15) is 0 Å². The third-order valence-electron chi connectivity index (χ3n) is 3.00. The number of hydrogen-bond acceptors (Lipinski definition) is 3. The molecule has 86 valence electrons. The van der Waals surface area contributed by atoms with Crippen LogP contribution in [0.2, 0.25) is 0 Å². The van der Waals surface area contributed by atoms with E-state index in [-0.39, 0.29) is 0 Å². The van der Waals surface area contributed by atoms with Gasteiger partial charge in [0.2, 0.25) is 0 Å². The highest BCUT2D eigenvalue weighted by Crippen LogP contribution is 2.20. The summed E-state index contributed by atoms with van der Waals surface area (Å²) >= 11 is 4.95. The van der Waals surface area contributed by atoms with Crippen LogP contribution < -0.4 is 11.1 Å². The van der Waals surface area contributed by atoms with Gasteiger partial charge in [0.15, 0.2) is 0 Å². The van der Waals surface area contributed by atoms with Gasteiger partial charge in [-0.2, -0.15) is 0 Å². The van der Waals surface area contributed by atoms with Crippen molar-refractivity contribution in [2.24, 2.45) is 5.73 Å². The Morgan fingerprint density at radius 3 is 2.81 bits per heavy atom. The number of hydrogen-bond donors (Lipinski definition) is 2. The van der Waals surface area contributed by atoms with Crippen molar-refractivity contribution in [3.8, 4) is 0 Å². The van der Waals surface area contributed by atoms with Crippen LogP contribution in [-0.4, -0.2) is 16.0 Å². The largest absolute Gasteiger partial charge is 0.389 e. The average molecular weight is 235 g/mol. The molecule has 1 aromatic heterocycles. The number of anilines is 1. The molecule has 0 atom stereocenters. The molecule has 0 aliphatic heterocycles. The maximum Gasteiger partial charge on any atom is 0.126 e. The molecule has 0 aromatic carbocycles. The number of thiocarbonyl (C=S) groups is 1. The first-order valence-electron chi connectivity index (χ1n) is 5.78. The Kier molecular flexibility index (Phi) is 3.72. The second-order valence-corrected chi connectivity index (χ2v) is 4.71. The van der Waals surface area contributed by atoms with Gasteiger partial charge < -0.3 is 11.1 Å². The standard InChI is InChI=1S/C12H17N3S/c13-12(16)9-6-7-14-11(8-9)15-10-4-2-1-3-5-10/h6-8,10H,1-5H2,(H2,13,16)(H,14,15). The molecule has 3 N–H and O–H groups in total. The van der Waals surface area contributed by atoms with E-state index < -0.39 is 0 Å². The summed E-state index contributed by atoms with van der Waals surface area (Å²) in [5.41, 5.74) is 6.47. The Morgan fingerprint density at radius 2 is 2.12 bits per heavy atom. The molecule has 0 amide bonds. The molecule has 16 heavy (non-hydrogen) atoms. The number of nitrogens with one attached hydrogen (secondary N) is 1.